The molecular weight excluding hydrogens is 292 g/mol. The molecule has 0 aliphatic heterocycles. The largest absolute Gasteiger partial charge is 0.325 e. The third-order valence-corrected chi connectivity index (χ3v) is 4.02. The minimum absolute atomic E-state index is 0.134. The summed E-state index contributed by atoms with van der Waals surface area (Å²) < 4.78 is 0. The number of hydrogen-bond acceptors (Lipinski definition) is 4. The van der Waals surface area contributed by atoms with E-state index in [0.717, 1.165) is 33.6 Å². The van der Waals surface area contributed by atoms with Crippen LogP contribution in [0.3, 0.4) is 0 Å². The maximum atomic E-state index is 11.5. The van der Waals surface area contributed by atoms with Crippen molar-refractivity contribution in [3.63, 3.8) is 0 Å². The zero-order chi connectivity index (χ0) is 15.4. The molecule has 20 heavy (non-hydrogen) atoms. The molecule has 0 aliphatic rings. The van der Waals surface area contributed by atoms with Crippen LogP contribution in [-0.4, -0.2) is 23.3 Å². The molecule has 0 saturated carbocycles. The molecule has 0 heterocycles. The summed E-state index contributed by atoms with van der Waals surface area (Å²) in [6.45, 7) is 7.69. The van der Waals surface area contributed by atoms with E-state index in [-0.39, 0.29) is 23.3 Å². The van der Waals surface area contributed by atoms with Crippen LogP contribution in [0.1, 0.15) is 22.3 Å². The van der Waals surface area contributed by atoms with E-state index in [0.29, 0.717) is 0 Å². The predicted octanol–water partition coefficient (Wildman–Crippen LogP) is 2.66. The molecule has 0 atom stereocenters. The third-order valence-electron chi connectivity index (χ3n) is 3.44. The number of nitrogens with one attached hydrogen (secondary N) is 2. The van der Waals surface area contributed by atoms with Crippen LogP contribution in [0.5, 0.6) is 0 Å². The van der Waals surface area contributed by atoms with Gasteiger partial charge in [0, 0.05) is 11.4 Å². The predicted molar refractivity (Wildman–Crippen MR) is 90.4 cm³/mol. The van der Waals surface area contributed by atoms with Crippen molar-refractivity contribution in [1.82, 2.24) is 0 Å². The van der Waals surface area contributed by atoms with Gasteiger partial charge in [-0.25, -0.2) is 0 Å². The monoisotopic (exact) mass is 312 g/mol. The lowest BCUT2D eigenvalue weighted by Crippen LogP contribution is -2.19. The minimum atomic E-state index is -0.148. The molecule has 1 aromatic carbocycles. The number of amides is 2. The lowest BCUT2D eigenvalue weighted by atomic mass is 9.95. The van der Waals surface area contributed by atoms with Crippen molar-refractivity contribution in [3.05, 3.63) is 22.3 Å². The standard InChI is InChI=1S/C14H20N2O2S2/c1-7-8(2)14(16-12(18)6-20)10(4)9(3)13(7)15-11(17)5-19/h19-20H,5-6H2,1-4H3,(H,15,17)(H,16,18). The number of rotatable bonds is 4. The second-order valence-corrected chi connectivity index (χ2v) is 5.30. The summed E-state index contributed by atoms with van der Waals surface area (Å²) in [5.41, 5.74) is 5.36. The van der Waals surface area contributed by atoms with E-state index >= 15 is 0 Å². The van der Waals surface area contributed by atoms with Gasteiger partial charge in [0.2, 0.25) is 11.8 Å². The van der Waals surface area contributed by atoms with Gasteiger partial charge in [0.05, 0.1) is 11.5 Å². The van der Waals surface area contributed by atoms with Gasteiger partial charge in [-0.3, -0.25) is 9.59 Å². The fourth-order valence-electron chi connectivity index (χ4n) is 2.05. The quantitative estimate of drug-likeness (QED) is 0.646. The Balaban J connectivity index is 3.33. The van der Waals surface area contributed by atoms with Gasteiger partial charge in [-0.1, -0.05) is 0 Å². The third kappa shape index (κ3) is 3.49. The van der Waals surface area contributed by atoms with E-state index in [1.165, 1.54) is 0 Å². The molecule has 0 unspecified atom stereocenters. The van der Waals surface area contributed by atoms with Gasteiger partial charge < -0.3 is 10.6 Å². The molecule has 0 fully saturated rings. The van der Waals surface area contributed by atoms with E-state index in [4.69, 9.17) is 0 Å². The van der Waals surface area contributed by atoms with Crippen LogP contribution in [0, 0.1) is 27.7 Å². The molecule has 2 N–H and O–H groups in total. The maximum absolute atomic E-state index is 11.5. The molecule has 2 amide bonds. The van der Waals surface area contributed by atoms with Crippen molar-refractivity contribution in [2.24, 2.45) is 0 Å². The average molecular weight is 312 g/mol. The fourth-order valence-corrected chi connectivity index (χ4v) is 2.20. The maximum Gasteiger partial charge on any atom is 0.234 e. The summed E-state index contributed by atoms with van der Waals surface area (Å²) in [6, 6.07) is 0. The zero-order valence-electron chi connectivity index (χ0n) is 12.1. The summed E-state index contributed by atoms with van der Waals surface area (Å²) >= 11 is 7.93. The molecule has 1 rings (SSSR count). The van der Waals surface area contributed by atoms with Crippen LogP contribution in [-0.2, 0) is 9.59 Å². The number of benzene rings is 1. The van der Waals surface area contributed by atoms with Gasteiger partial charge in [-0.2, -0.15) is 25.3 Å². The van der Waals surface area contributed by atoms with E-state index in [1.54, 1.807) is 0 Å². The van der Waals surface area contributed by atoms with Gasteiger partial charge in [0.25, 0.3) is 0 Å². The molecule has 1 aromatic rings. The second kappa shape index (κ2) is 7.04. The first kappa shape index (κ1) is 16.9. The highest BCUT2D eigenvalue weighted by molar-refractivity contribution is 7.81. The molecule has 0 saturated heterocycles. The SMILES string of the molecule is Cc1c(C)c(NC(=O)CS)c(C)c(C)c1NC(=O)CS. The smallest absolute Gasteiger partial charge is 0.234 e. The van der Waals surface area contributed by atoms with Crippen LogP contribution in [0.2, 0.25) is 0 Å². The van der Waals surface area contributed by atoms with E-state index in [1.807, 2.05) is 27.7 Å². The topological polar surface area (TPSA) is 58.2 Å². The molecule has 0 bridgehead atoms. The summed E-state index contributed by atoms with van der Waals surface area (Å²) in [7, 11) is 0. The Morgan fingerprint density at radius 3 is 1.20 bits per heavy atom. The van der Waals surface area contributed by atoms with Crippen molar-refractivity contribution >= 4 is 48.4 Å². The van der Waals surface area contributed by atoms with E-state index in [9.17, 15) is 9.59 Å². The lowest BCUT2D eigenvalue weighted by molar-refractivity contribution is -0.114. The van der Waals surface area contributed by atoms with Crippen molar-refractivity contribution in [1.29, 1.82) is 0 Å². The van der Waals surface area contributed by atoms with Crippen molar-refractivity contribution in [2.45, 2.75) is 27.7 Å². The number of anilines is 2. The first-order chi connectivity index (χ1) is 9.33. The van der Waals surface area contributed by atoms with Gasteiger partial charge in [0.15, 0.2) is 0 Å². The number of hydrogen-bond donors (Lipinski definition) is 4. The van der Waals surface area contributed by atoms with Gasteiger partial charge in [0.1, 0.15) is 0 Å². The highest BCUT2D eigenvalue weighted by Crippen LogP contribution is 2.34. The van der Waals surface area contributed by atoms with Gasteiger partial charge in [-0.15, -0.1) is 0 Å². The molecule has 0 spiro atoms. The van der Waals surface area contributed by atoms with E-state index < -0.39 is 0 Å². The summed E-state index contributed by atoms with van der Waals surface area (Å²) in [4.78, 5) is 23.1. The first-order valence-corrected chi connectivity index (χ1v) is 7.51. The first-order valence-electron chi connectivity index (χ1n) is 6.25. The second-order valence-electron chi connectivity index (χ2n) is 4.66. The van der Waals surface area contributed by atoms with Crippen LogP contribution in [0.25, 0.3) is 0 Å². The van der Waals surface area contributed by atoms with Crippen LogP contribution < -0.4 is 10.6 Å². The van der Waals surface area contributed by atoms with Gasteiger partial charge in [-0.05, 0) is 49.9 Å². The van der Waals surface area contributed by atoms with Crippen LogP contribution in [0.4, 0.5) is 11.4 Å². The number of carbonyl (C=O) groups excluding carboxylic acids is 2. The molecule has 6 heteroatoms. The van der Waals surface area contributed by atoms with Crippen molar-refractivity contribution < 1.29 is 9.59 Å². The van der Waals surface area contributed by atoms with Gasteiger partial charge >= 0.3 is 0 Å². The normalized spacial score (nSPS) is 10.3. The molecule has 4 nitrogen and oxygen atoms in total. The highest BCUT2D eigenvalue weighted by atomic mass is 32.1. The Hall–Kier alpha value is -1.14. The number of thiol groups is 2. The van der Waals surface area contributed by atoms with Crippen molar-refractivity contribution in [2.75, 3.05) is 22.1 Å². The molecule has 0 aromatic heterocycles. The molecular formula is C14H20N2O2S2. The van der Waals surface area contributed by atoms with Crippen molar-refractivity contribution in [3.8, 4) is 0 Å². The summed E-state index contributed by atoms with van der Waals surface area (Å²) in [5, 5.41) is 5.72. The van der Waals surface area contributed by atoms with Crippen LogP contribution >= 0.6 is 25.3 Å². The summed E-state index contributed by atoms with van der Waals surface area (Å²) in [6.07, 6.45) is 0. The highest BCUT2D eigenvalue weighted by Gasteiger charge is 2.17. The number of carbonyl (C=O) groups is 2. The Labute approximate surface area is 130 Å². The molecule has 0 aliphatic carbocycles. The fraction of sp³-hybridized carbons (Fsp3) is 0.429. The zero-order valence-corrected chi connectivity index (χ0v) is 13.9. The Morgan fingerprint density at radius 1 is 0.750 bits per heavy atom. The average Bonchev–Trinajstić information content (AvgIpc) is 2.45. The Bertz CT molecular complexity index is 479. The molecule has 110 valence electrons. The Kier molecular flexibility index (Phi) is 5.95. The molecule has 0 radical (unpaired) electrons. The lowest BCUT2D eigenvalue weighted by Gasteiger charge is -2.21. The summed E-state index contributed by atoms with van der Waals surface area (Å²) in [5.74, 6) is -0.0273. The van der Waals surface area contributed by atoms with Crippen LogP contribution in [0.15, 0.2) is 0 Å². The Morgan fingerprint density at radius 2 is 1.00 bits per heavy atom. The van der Waals surface area contributed by atoms with E-state index in [2.05, 4.69) is 35.9 Å². The minimum Gasteiger partial charge on any atom is -0.325 e.